The van der Waals surface area contributed by atoms with Gasteiger partial charge in [0.25, 0.3) is 5.91 Å². The van der Waals surface area contributed by atoms with Crippen molar-refractivity contribution >= 4 is 5.91 Å². The molecule has 0 bridgehead atoms. The van der Waals surface area contributed by atoms with Crippen LogP contribution in [-0.2, 0) is 0 Å². The number of rotatable bonds is 5. The van der Waals surface area contributed by atoms with Gasteiger partial charge in [0.1, 0.15) is 0 Å². The summed E-state index contributed by atoms with van der Waals surface area (Å²) in [5.74, 6) is 0.345. The predicted octanol–water partition coefficient (Wildman–Crippen LogP) is 2.48. The molecule has 1 saturated heterocycles. The van der Waals surface area contributed by atoms with Crippen LogP contribution in [0.25, 0.3) is 11.1 Å². The summed E-state index contributed by atoms with van der Waals surface area (Å²) >= 11 is 0. The molecule has 1 fully saturated rings. The Labute approximate surface area is 142 Å². The average molecular weight is 328 g/mol. The van der Waals surface area contributed by atoms with Crippen molar-refractivity contribution in [2.45, 2.75) is 19.4 Å². The Morgan fingerprint density at radius 1 is 1.17 bits per heavy atom. The number of β-amino-alcohol motifs (C(OH)–C–C–N with tert-alkyl or cyclic N) is 1. The largest absolute Gasteiger partial charge is 0.459 e. The van der Waals surface area contributed by atoms with E-state index in [4.69, 9.17) is 4.42 Å². The van der Waals surface area contributed by atoms with Crippen LogP contribution in [0.1, 0.15) is 23.9 Å². The molecule has 128 valence electrons. The molecule has 1 N–H and O–H groups in total. The fourth-order valence-electron chi connectivity index (χ4n) is 3.02. The van der Waals surface area contributed by atoms with Gasteiger partial charge in [-0.15, -0.1) is 0 Å². The summed E-state index contributed by atoms with van der Waals surface area (Å²) in [6.45, 7) is 5.53. The van der Waals surface area contributed by atoms with Crippen molar-refractivity contribution in [3.8, 4) is 11.1 Å². The Hall–Kier alpha value is -2.11. The zero-order valence-corrected chi connectivity index (χ0v) is 14.0. The van der Waals surface area contributed by atoms with Gasteiger partial charge in [-0.05, 0) is 18.1 Å². The smallest absolute Gasteiger partial charge is 0.290 e. The second kappa shape index (κ2) is 7.64. The predicted molar refractivity (Wildman–Crippen MR) is 92.8 cm³/mol. The molecule has 1 aliphatic heterocycles. The maximum atomic E-state index is 12.8. The van der Waals surface area contributed by atoms with Gasteiger partial charge in [-0.25, -0.2) is 0 Å². The molecule has 24 heavy (non-hydrogen) atoms. The van der Waals surface area contributed by atoms with E-state index in [0.717, 1.165) is 30.6 Å². The second-order valence-corrected chi connectivity index (χ2v) is 6.18. The summed E-state index contributed by atoms with van der Waals surface area (Å²) in [4.78, 5) is 16.8. The van der Waals surface area contributed by atoms with E-state index in [1.807, 2.05) is 48.2 Å². The van der Waals surface area contributed by atoms with Crippen LogP contribution in [0.2, 0.25) is 0 Å². The SMILES string of the molecule is CC[C@H](O)CN1CCN(C(=O)c2occc2-c2ccccc2)CC1. The molecule has 1 aromatic carbocycles. The molecule has 1 aromatic heterocycles. The van der Waals surface area contributed by atoms with Gasteiger partial charge in [0.15, 0.2) is 5.76 Å². The zero-order chi connectivity index (χ0) is 16.9. The van der Waals surface area contributed by atoms with Crippen molar-refractivity contribution in [3.05, 3.63) is 48.4 Å². The van der Waals surface area contributed by atoms with Crippen LogP contribution in [0.15, 0.2) is 47.1 Å². The highest BCUT2D eigenvalue weighted by molar-refractivity contribution is 5.98. The average Bonchev–Trinajstić information content (AvgIpc) is 3.12. The first-order chi connectivity index (χ1) is 11.7. The van der Waals surface area contributed by atoms with Crippen molar-refractivity contribution in [1.82, 2.24) is 9.80 Å². The molecule has 0 saturated carbocycles. The van der Waals surface area contributed by atoms with Gasteiger partial charge in [0.2, 0.25) is 0 Å². The number of hydrogen-bond acceptors (Lipinski definition) is 4. The minimum absolute atomic E-state index is 0.0606. The fourth-order valence-corrected chi connectivity index (χ4v) is 3.02. The van der Waals surface area contributed by atoms with Gasteiger partial charge in [-0.2, -0.15) is 0 Å². The summed E-state index contributed by atoms with van der Waals surface area (Å²) in [5, 5.41) is 9.76. The van der Waals surface area contributed by atoms with Crippen molar-refractivity contribution in [2.75, 3.05) is 32.7 Å². The van der Waals surface area contributed by atoms with E-state index in [0.29, 0.717) is 25.4 Å². The first kappa shape index (κ1) is 16.7. The van der Waals surface area contributed by atoms with Gasteiger partial charge in [-0.1, -0.05) is 37.3 Å². The van der Waals surface area contributed by atoms with E-state index < -0.39 is 0 Å². The second-order valence-electron chi connectivity index (χ2n) is 6.18. The highest BCUT2D eigenvalue weighted by Gasteiger charge is 2.26. The van der Waals surface area contributed by atoms with Crippen LogP contribution in [0, 0.1) is 0 Å². The molecule has 2 aromatic rings. The first-order valence-electron chi connectivity index (χ1n) is 8.51. The van der Waals surface area contributed by atoms with E-state index in [1.54, 1.807) is 6.26 Å². The molecule has 1 aliphatic rings. The number of piperazine rings is 1. The quantitative estimate of drug-likeness (QED) is 0.916. The zero-order valence-electron chi connectivity index (χ0n) is 14.0. The minimum Gasteiger partial charge on any atom is -0.459 e. The molecule has 1 atom stereocenters. The Morgan fingerprint density at radius 3 is 2.54 bits per heavy atom. The van der Waals surface area contributed by atoms with E-state index >= 15 is 0 Å². The van der Waals surface area contributed by atoms with E-state index in [9.17, 15) is 9.90 Å². The summed E-state index contributed by atoms with van der Waals surface area (Å²) < 4.78 is 5.50. The van der Waals surface area contributed by atoms with Crippen molar-refractivity contribution in [2.24, 2.45) is 0 Å². The van der Waals surface area contributed by atoms with E-state index in [1.165, 1.54) is 0 Å². The lowest BCUT2D eigenvalue weighted by molar-refractivity contribution is 0.0501. The summed E-state index contributed by atoms with van der Waals surface area (Å²) in [5.41, 5.74) is 1.82. The highest BCUT2D eigenvalue weighted by Crippen LogP contribution is 2.26. The molecule has 0 unspecified atom stereocenters. The monoisotopic (exact) mass is 328 g/mol. The number of nitrogens with zero attached hydrogens (tertiary/aromatic N) is 2. The van der Waals surface area contributed by atoms with Gasteiger partial charge < -0.3 is 14.4 Å². The maximum Gasteiger partial charge on any atom is 0.290 e. The van der Waals surface area contributed by atoms with Crippen LogP contribution in [0.4, 0.5) is 0 Å². The third kappa shape index (κ3) is 3.68. The van der Waals surface area contributed by atoms with Gasteiger partial charge in [0.05, 0.1) is 12.4 Å². The fraction of sp³-hybridized carbons (Fsp3) is 0.421. The third-order valence-corrected chi connectivity index (χ3v) is 4.54. The molecular formula is C19H24N2O3. The number of hydrogen-bond donors (Lipinski definition) is 1. The molecule has 5 heteroatoms. The van der Waals surface area contributed by atoms with Gasteiger partial charge in [0, 0.05) is 38.3 Å². The van der Waals surface area contributed by atoms with Crippen molar-refractivity contribution < 1.29 is 14.3 Å². The summed E-state index contributed by atoms with van der Waals surface area (Å²) in [7, 11) is 0. The number of aliphatic hydroxyl groups is 1. The molecule has 5 nitrogen and oxygen atoms in total. The Bertz CT molecular complexity index is 660. The number of carbonyl (C=O) groups excluding carboxylic acids is 1. The van der Waals surface area contributed by atoms with Gasteiger partial charge in [-0.3, -0.25) is 9.69 Å². The lowest BCUT2D eigenvalue weighted by Gasteiger charge is -2.35. The number of amides is 1. The Morgan fingerprint density at radius 2 is 1.88 bits per heavy atom. The number of furan rings is 1. The number of benzene rings is 1. The normalized spacial score (nSPS) is 17.0. The van der Waals surface area contributed by atoms with E-state index in [2.05, 4.69) is 4.90 Å². The van der Waals surface area contributed by atoms with Crippen LogP contribution >= 0.6 is 0 Å². The summed E-state index contributed by atoms with van der Waals surface area (Å²) in [6.07, 6.45) is 2.04. The standard InChI is InChI=1S/C19H24N2O3/c1-2-16(22)14-20-9-11-21(12-10-20)19(23)18-17(8-13-24-18)15-6-4-3-5-7-15/h3-8,13,16,22H,2,9-12,14H2,1H3/t16-/m0/s1. The molecular weight excluding hydrogens is 304 g/mol. The molecule has 1 amide bonds. The molecule has 0 radical (unpaired) electrons. The van der Waals surface area contributed by atoms with Gasteiger partial charge >= 0.3 is 0 Å². The molecule has 3 rings (SSSR count). The molecule has 0 aliphatic carbocycles. The third-order valence-electron chi connectivity index (χ3n) is 4.54. The lowest BCUT2D eigenvalue weighted by Crippen LogP contribution is -2.50. The number of carbonyl (C=O) groups is 1. The van der Waals surface area contributed by atoms with Crippen LogP contribution < -0.4 is 0 Å². The lowest BCUT2D eigenvalue weighted by atomic mass is 10.1. The Balaban J connectivity index is 1.66. The van der Waals surface area contributed by atoms with Crippen LogP contribution in [0.5, 0.6) is 0 Å². The minimum atomic E-state index is -0.290. The van der Waals surface area contributed by atoms with Crippen molar-refractivity contribution in [1.29, 1.82) is 0 Å². The summed E-state index contributed by atoms with van der Waals surface area (Å²) in [6, 6.07) is 11.7. The van der Waals surface area contributed by atoms with Crippen molar-refractivity contribution in [3.63, 3.8) is 0 Å². The topological polar surface area (TPSA) is 56.9 Å². The van der Waals surface area contributed by atoms with Crippen LogP contribution in [-0.4, -0.2) is 59.6 Å². The molecule has 0 spiro atoms. The van der Waals surface area contributed by atoms with E-state index in [-0.39, 0.29) is 12.0 Å². The van der Waals surface area contributed by atoms with Crippen LogP contribution in [0.3, 0.4) is 0 Å². The Kier molecular flexibility index (Phi) is 5.33. The number of aliphatic hydroxyl groups excluding tert-OH is 1. The molecule has 2 heterocycles. The first-order valence-corrected chi connectivity index (χ1v) is 8.51. The highest BCUT2D eigenvalue weighted by atomic mass is 16.3. The maximum absolute atomic E-state index is 12.8.